The predicted octanol–water partition coefficient (Wildman–Crippen LogP) is 3.60. The number of aryl methyl sites for hydroxylation is 1. The van der Waals surface area contributed by atoms with Gasteiger partial charge >= 0.3 is 0 Å². The molecule has 0 saturated heterocycles. The van der Waals surface area contributed by atoms with Crippen LogP contribution in [0, 0.1) is 6.92 Å². The monoisotopic (exact) mass is 254 g/mol. The van der Waals surface area contributed by atoms with E-state index < -0.39 is 0 Å². The molecule has 76 valence electrons. The third-order valence-electron chi connectivity index (χ3n) is 2.88. The second-order valence-corrected chi connectivity index (χ2v) is 4.84. The van der Waals surface area contributed by atoms with Gasteiger partial charge in [0.1, 0.15) is 5.82 Å². The van der Waals surface area contributed by atoms with Crippen molar-refractivity contribution in [2.45, 2.75) is 44.9 Å². The van der Waals surface area contributed by atoms with E-state index in [0.717, 1.165) is 10.3 Å². The van der Waals surface area contributed by atoms with Gasteiger partial charge in [0.15, 0.2) is 0 Å². The van der Waals surface area contributed by atoms with Crippen molar-refractivity contribution in [2.75, 3.05) is 0 Å². The zero-order valence-corrected chi connectivity index (χ0v) is 10.0. The van der Waals surface area contributed by atoms with Gasteiger partial charge in [0.05, 0.1) is 10.2 Å². The SMILES string of the molecule is Cc1ncc(Br)c(C2CCCCC2)n1. The van der Waals surface area contributed by atoms with Gasteiger partial charge in [0.25, 0.3) is 0 Å². The number of hydrogen-bond donors (Lipinski definition) is 0. The van der Waals surface area contributed by atoms with Crippen molar-refractivity contribution < 1.29 is 0 Å². The van der Waals surface area contributed by atoms with Gasteiger partial charge in [-0.15, -0.1) is 0 Å². The van der Waals surface area contributed by atoms with Crippen LogP contribution < -0.4 is 0 Å². The van der Waals surface area contributed by atoms with E-state index in [2.05, 4.69) is 25.9 Å². The fourth-order valence-electron chi connectivity index (χ4n) is 2.14. The lowest BCUT2D eigenvalue weighted by molar-refractivity contribution is 0.434. The molecule has 0 radical (unpaired) electrons. The first kappa shape index (κ1) is 10.1. The molecule has 1 aromatic rings. The van der Waals surface area contributed by atoms with Crippen molar-refractivity contribution in [3.63, 3.8) is 0 Å². The molecule has 14 heavy (non-hydrogen) atoms. The zero-order chi connectivity index (χ0) is 9.97. The Bertz CT molecular complexity index is 319. The van der Waals surface area contributed by atoms with E-state index in [-0.39, 0.29) is 0 Å². The van der Waals surface area contributed by atoms with Crippen LogP contribution in [0.3, 0.4) is 0 Å². The van der Waals surface area contributed by atoms with Gasteiger partial charge in [-0.1, -0.05) is 19.3 Å². The van der Waals surface area contributed by atoms with Crippen molar-refractivity contribution in [1.29, 1.82) is 0 Å². The van der Waals surface area contributed by atoms with Crippen LogP contribution in [0.4, 0.5) is 0 Å². The molecule has 0 amide bonds. The number of halogens is 1. The van der Waals surface area contributed by atoms with Gasteiger partial charge in [0.2, 0.25) is 0 Å². The Morgan fingerprint density at radius 1 is 1.29 bits per heavy atom. The van der Waals surface area contributed by atoms with E-state index in [1.54, 1.807) is 0 Å². The van der Waals surface area contributed by atoms with Crippen LogP contribution in [0.2, 0.25) is 0 Å². The van der Waals surface area contributed by atoms with Crippen molar-refractivity contribution in [2.24, 2.45) is 0 Å². The quantitative estimate of drug-likeness (QED) is 0.766. The number of rotatable bonds is 1. The molecule has 1 aliphatic carbocycles. The maximum Gasteiger partial charge on any atom is 0.125 e. The fourth-order valence-corrected chi connectivity index (χ4v) is 2.65. The number of aromatic nitrogens is 2. The van der Waals surface area contributed by atoms with E-state index in [1.165, 1.54) is 37.8 Å². The van der Waals surface area contributed by atoms with Gasteiger partial charge in [0, 0.05) is 12.1 Å². The minimum atomic E-state index is 0.653. The molecule has 0 bridgehead atoms. The summed E-state index contributed by atoms with van der Waals surface area (Å²) in [7, 11) is 0. The Labute approximate surface area is 93.3 Å². The molecule has 0 aromatic carbocycles. The van der Waals surface area contributed by atoms with Crippen molar-refractivity contribution in [3.8, 4) is 0 Å². The molecule has 1 saturated carbocycles. The minimum absolute atomic E-state index is 0.653. The molecule has 1 fully saturated rings. The summed E-state index contributed by atoms with van der Waals surface area (Å²) in [6.07, 6.45) is 8.54. The van der Waals surface area contributed by atoms with E-state index >= 15 is 0 Å². The molecule has 0 N–H and O–H groups in total. The Balaban J connectivity index is 2.24. The van der Waals surface area contributed by atoms with Crippen LogP contribution in [0.15, 0.2) is 10.7 Å². The largest absolute Gasteiger partial charge is 0.240 e. The van der Waals surface area contributed by atoms with Crippen LogP contribution in [-0.2, 0) is 0 Å². The van der Waals surface area contributed by atoms with Gasteiger partial charge in [-0.05, 0) is 35.7 Å². The first-order valence-corrected chi connectivity index (χ1v) is 6.05. The Kier molecular flexibility index (Phi) is 3.16. The van der Waals surface area contributed by atoms with Gasteiger partial charge in [-0.25, -0.2) is 9.97 Å². The van der Waals surface area contributed by atoms with Crippen LogP contribution >= 0.6 is 15.9 Å². The number of hydrogen-bond acceptors (Lipinski definition) is 2. The lowest BCUT2D eigenvalue weighted by Crippen LogP contribution is -2.08. The lowest BCUT2D eigenvalue weighted by Gasteiger charge is -2.21. The number of nitrogens with zero attached hydrogens (tertiary/aromatic N) is 2. The normalized spacial score (nSPS) is 18.4. The highest BCUT2D eigenvalue weighted by molar-refractivity contribution is 9.10. The van der Waals surface area contributed by atoms with E-state index in [0.29, 0.717) is 5.92 Å². The molecular weight excluding hydrogens is 240 g/mol. The zero-order valence-electron chi connectivity index (χ0n) is 8.46. The summed E-state index contributed by atoms with van der Waals surface area (Å²) in [6.45, 7) is 1.96. The van der Waals surface area contributed by atoms with Crippen molar-refractivity contribution >= 4 is 15.9 Å². The summed E-state index contributed by atoms with van der Waals surface area (Å²) in [6, 6.07) is 0. The van der Waals surface area contributed by atoms with Gasteiger partial charge in [-0.3, -0.25) is 0 Å². The maximum atomic E-state index is 4.54. The smallest absolute Gasteiger partial charge is 0.125 e. The molecule has 1 aliphatic rings. The van der Waals surface area contributed by atoms with Gasteiger partial charge in [-0.2, -0.15) is 0 Å². The first-order valence-electron chi connectivity index (χ1n) is 5.26. The molecule has 0 atom stereocenters. The predicted molar refractivity (Wildman–Crippen MR) is 60.3 cm³/mol. The van der Waals surface area contributed by atoms with Crippen molar-refractivity contribution in [3.05, 3.63) is 22.2 Å². The van der Waals surface area contributed by atoms with E-state index in [4.69, 9.17) is 0 Å². The molecule has 3 heteroatoms. The highest BCUT2D eigenvalue weighted by atomic mass is 79.9. The molecule has 2 nitrogen and oxygen atoms in total. The Morgan fingerprint density at radius 3 is 2.71 bits per heavy atom. The summed E-state index contributed by atoms with van der Waals surface area (Å²) in [5, 5.41) is 0. The Morgan fingerprint density at radius 2 is 2.00 bits per heavy atom. The Hall–Kier alpha value is -0.440. The summed E-state index contributed by atoms with van der Waals surface area (Å²) in [5.74, 6) is 1.54. The molecular formula is C11H15BrN2. The van der Waals surface area contributed by atoms with Gasteiger partial charge < -0.3 is 0 Å². The maximum absolute atomic E-state index is 4.54. The molecule has 2 rings (SSSR count). The third kappa shape index (κ3) is 2.14. The summed E-state index contributed by atoms with van der Waals surface area (Å²) >= 11 is 3.54. The minimum Gasteiger partial charge on any atom is -0.240 e. The molecule has 1 heterocycles. The van der Waals surface area contributed by atoms with Crippen LogP contribution in [-0.4, -0.2) is 9.97 Å². The second kappa shape index (κ2) is 4.39. The first-order chi connectivity index (χ1) is 6.77. The van der Waals surface area contributed by atoms with Crippen LogP contribution in [0.5, 0.6) is 0 Å². The van der Waals surface area contributed by atoms with E-state index in [1.807, 2.05) is 13.1 Å². The molecule has 0 unspecified atom stereocenters. The molecule has 0 spiro atoms. The topological polar surface area (TPSA) is 25.8 Å². The average molecular weight is 255 g/mol. The molecule has 1 aromatic heterocycles. The van der Waals surface area contributed by atoms with Crippen LogP contribution in [0.25, 0.3) is 0 Å². The second-order valence-electron chi connectivity index (χ2n) is 3.99. The van der Waals surface area contributed by atoms with Crippen LogP contribution in [0.1, 0.15) is 49.5 Å². The average Bonchev–Trinajstić information content (AvgIpc) is 2.23. The molecule has 0 aliphatic heterocycles. The highest BCUT2D eigenvalue weighted by Crippen LogP contribution is 2.34. The summed E-state index contributed by atoms with van der Waals surface area (Å²) in [5.41, 5.74) is 1.22. The van der Waals surface area contributed by atoms with Crippen molar-refractivity contribution in [1.82, 2.24) is 9.97 Å². The summed E-state index contributed by atoms with van der Waals surface area (Å²) in [4.78, 5) is 8.71. The fraction of sp³-hybridized carbons (Fsp3) is 0.636. The third-order valence-corrected chi connectivity index (χ3v) is 3.49. The van der Waals surface area contributed by atoms with E-state index in [9.17, 15) is 0 Å². The lowest BCUT2D eigenvalue weighted by atomic mass is 9.87. The standard InChI is InChI=1S/C11H15BrN2/c1-8-13-7-10(12)11(14-8)9-5-3-2-4-6-9/h7,9H,2-6H2,1H3. The summed E-state index contributed by atoms with van der Waals surface area (Å²) < 4.78 is 1.08. The highest BCUT2D eigenvalue weighted by Gasteiger charge is 2.19.